The summed E-state index contributed by atoms with van der Waals surface area (Å²) in [4.78, 5) is 4.11. The quantitative estimate of drug-likeness (QED) is 0.663. The largest absolute Gasteiger partial charge is 0.387 e. The molecular formula is C10H8N8S. The van der Waals surface area contributed by atoms with E-state index in [0.29, 0.717) is 5.95 Å². The van der Waals surface area contributed by atoms with Crippen LogP contribution in [0.4, 0.5) is 0 Å². The summed E-state index contributed by atoms with van der Waals surface area (Å²) in [5.41, 5.74) is 6.28. The van der Waals surface area contributed by atoms with Crippen molar-refractivity contribution in [3.8, 4) is 11.6 Å². The van der Waals surface area contributed by atoms with Gasteiger partial charge in [0.15, 0.2) is 0 Å². The molecule has 0 radical (unpaired) electrons. The van der Waals surface area contributed by atoms with Gasteiger partial charge in [-0.1, -0.05) is 35.5 Å². The fraction of sp³-hybridized carbons (Fsp3) is 0. The van der Waals surface area contributed by atoms with Crippen molar-refractivity contribution in [1.29, 1.82) is 0 Å². The van der Waals surface area contributed by atoms with Crippen LogP contribution in [0.15, 0.2) is 36.7 Å². The number of rotatable bonds is 3. The molecule has 0 unspecified atom stereocenters. The molecule has 19 heavy (non-hydrogen) atoms. The molecule has 2 heterocycles. The van der Waals surface area contributed by atoms with Crippen molar-refractivity contribution in [2.45, 2.75) is 0 Å². The van der Waals surface area contributed by atoms with Crippen LogP contribution in [0.2, 0.25) is 0 Å². The van der Waals surface area contributed by atoms with Crippen molar-refractivity contribution >= 4 is 17.2 Å². The van der Waals surface area contributed by atoms with E-state index in [0.717, 1.165) is 5.69 Å². The summed E-state index contributed by atoms with van der Waals surface area (Å²) < 4.78 is 2.96. The van der Waals surface area contributed by atoms with Crippen LogP contribution in [-0.4, -0.2) is 40.0 Å². The molecule has 9 heteroatoms. The molecule has 0 spiro atoms. The molecule has 3 rings (SSSR count). The predicted octanol–water partition coefficient (Wildman–Crippen LogP) is -0.123. The van der Waals surface area contributed by atoms with Gasteiger partial charge in [0.05, 0.1) is 5.69 Å². The summed E-state index contributed by atoms with van der Waals surface area (Å²) in [6.45, 7) is 0. The van der Waals surface area contributed by atoms with Gasteiger partial charge >= 0.3 is 0 Å². The Morgan fingerprint density at radius 3 is 2.68 bits per heavy atom. The number of aromatic nitrogens is 7. The first-order valence-electron chi connectivity index (χ1n) is 5.31. The van der Waals surface area contributed by atoms with Crippen molar-refractivity contribution in [3.05, 3.63) is 42.5 Å². The molecule has 8 nitrogen and oxygen atoms in total. The second-order valence-electron chi connectivity index (χ2n) is 3.60. The monoisotopic (exact) mass is 272 g/mol. The summed E-state index contributed by atoms with van der Waals surface area (Å²) in [5, 5.41) is 15.6. The van der Waals surface area contributed by atoms with Gasteiger partial charge in [0.2, 0.25) is 5.82 Å². The third-order valence-electron chi connectivity index (χ3n) is 2.37. The minimum absolute atomic E-state index is 0.123. The Balaban J connectivity index is 2.07. The highest BCUT2D eigenvalue weighted by atomic mass is 32.1. The van der Waals surface area contributed by atoms with Gasteiger partial charge in [-0.25, -0.2) is 4.98 Å². The Morgan fingerprint density at radius 2 is 2.00 bits per heavy atom. The molecule has 0 aliphatic rings. The molecule has 0 aliphatic heterocycles. The lowest BCUT2D eigenvalue weighted by Crippen LogP contribution is -2.13. The lowest BCUT2D eigenvalue weighted by Gasteiger charge is -2.02. The standard InChI is InChI=1S/C10H8N8S/c11-8(19)9-12-6-17(14-9)10-13-15-16-18(10)7-4-2-1-3-5-7/h1-6H,(H2,11,19). The molecule has 2 aromatic heterocycles. The van der Waals surface area contributed by atoms with Crippen LogP contribution in [0.3, 0.4) is 0 Å². The summed E-state index contributed by atoms with van der Waals surface area (Å²) in [7, 11) is 0. The number of thiocarbonyl (C=S) groups is 1. The molecule has 0 atom stereocenters. The molecule has 0 saturated heterocycles. The number of nitrogens with two attached hydrogens (primary N) is 1. The Kier molecular flexibility index (Phi) is 2.72. The third kappa shape index (κ3) is 2.06. The molecule has 1 aromatic carbocycles. The minimum atomic E-state index is 0.123. The zero-order chi connectivity index (χ0) is 13.2. The van der Waals surface area contributed by atoms with E-state index in [-0.39, 0.29) is 10.8 Å². The van der Waals surface area contributed by atoms with Gasteiger partial charge < -0.3 is 5.73 Å². The maximum atomic E-state index is 5.46. The highest BCUT2D eigenvalue weighted by molar-refractivity contribution is 7.80. The van der Waals surface area contributed by atoms with Crippen molar-refractivity contribution in [2.24, 2.45) is 5.73 Å². The number of hydrogen-bond acceptors (Lipinski definition) is 6. The van der Waals surface area contributed by atoms with Gasteiger partial charge in [0.25, 0.3) is 5.95 Å². The van der Waals surface area contributed by atoms with Crippen molar-refractivity contribution in [2.75, 3.05) is 0 Å². The molecule has 0 aliphatic carbocycles. The van der Waals surface area contributed by atoms with E-state index < -0.39 is 0 Å². The Labute approximate surface area is 112 Å². The maximum Gasteiger partial charge on any atom is 0.276 e. The van der Waals surface area contributed by atoms with E-state index in [9.17, 15) is 0 Å². The molecule has 0 saturated carbocycles. The first kappa shape index (κ1) is 11.4. The second-order valence-corrected chi connectivity index (χ2v) is 4.04. The van der Waals surface area contributed by atoms with E-state index in [1.54, 1.807) is 0 Å². The fourth-order valence-electron chi connectivity index (χ4n) is 1.53. The van der Waals surface area contributed by atoms with Crippen LogP contribution in [-0.2, 0) is 0 Å². The van der Waals surface area contributed by atoms with Gasteiger partial charge in [-0.05, 0) is 22.6 Å². The molecular weight excluding hydrogens is 264 g/mol. The lowest BCUT2D eigenvalue weighted by atomic mass is 10.3. The normalized spacial score (nSPS) is 10.5. The van der Waals surface area contributed by atoms with Crippen LogP contribution in [0.25, 0.3) is 11.6 Å². The minimum Gasteiger partial charge on any atom is -0.387 e. The van der Waals surface area contributed by atoms with Crippen LogP contribution in [0.1, 0.15) is 5.82 Å². The first-order chi connectivity index (χ1) is 9.25. The SMILES string of the molecule is NC(=S)c1ncn(-c2nnnn2-c2ccccc2)n1. The fourth-order valence-corrected chi connectivity index (χ4v) is 1.63. The van der Waals surface area contributed by atoms with Crippen LogP contribution < -0.4 is 5.73 Å². The molecule has 3 aromatic rings. The smallest absolute Gasteiger partial charge is 0.276 e. The average Bonchev–Trinajstić information content (AvgIpc) is 3.08. The van der Waals surface area contributed by atoms with E-state index in [1.165, 1.54) is 15.7 Å². The summed E-state index contributed by atoms with van der Waals surface area (Å²) in [5.74, 6) is 0.679. The van der Waals surface area contributed by atoms with Crippen LogP contribution in [0, 0.1) is 0 Å². The van der Waals surface area contributed by atoms with Gasteiger partial charge in [-0.15, -0.1) is 5.10 Å². The number of hydrogen-bond donors (Lipinski definition) is 1. The van der Waals surface area contributed by atoms with E-state index in [4.69, 9.17) is 18.0 Å². The highest BCUT2D eigenvalue weighted by Crippen LogP contribution is 2.09. The number of tetrazole rings is 1. The van der Waals surface area contributed by atoms with Crippen molar-refractivity contribution in [1.82, 2.24) is 35.0 Å². The Morgan fingerprint density at radius 1 is 1.21 bits per heavy atom. The van der Waals surface area contributed by atoms with Crippen molar-refractivity contribution in [3.63, 3.8) is 0 Å². The van der Waals surface area contributed by atoms with E-state index >= 15 is 0 Å². The summed E-state index contributed by atoms with van der Waals surface area (Å²) in [6, 6.07) is 9.45. The highest BCUT2D eigenvalue weighted by Gasteiger charge is 2.13. The first-order valence-corrected chi connectivity index (χ1v) is 5.72. The molecule has 0 bridgehead atoms. The summed E-state index contributed by atoms with van der Waals surface area (Å²) >= 11 is 4.81. The Hall–Kier alpha value is -2.68. The number of nitrogens with zero attached hydrogens (tertiary/aromatic N) is 7. The number of benzene rings is 1. The predicted molar refractivity (Wildman–Crippen MR) is 70.0 cm³/mol. The lowest BCUT2D eigenvalue weighted by molar-refractivity contribution is 0.739. The maximum absolute atomic E-state index is 5.46. The van der Waals surface area contributed by atoms with E-state index in [2.05, 4.69) is 25.6 Å². The zero-order valence-corrected chi connectivity index (χ0v) is 10.4. The molecule has 2 N–H and O–H groups in total. The van der Waals surface area contributed by atoms with E-state index in [1.807, 2.05) is 30.3 Å². The van der Waals surface area contributed by atoms with Gasteiger partial charge in [-0.2, -0.15) is 9.36 Å². The van der Waals surface area contributed by atoms with Crippen LogP contribution >= 0.6 is 12.2 Å². The van der Waals surface area contributed by atoms with Gasteiger partial charge in [0.1, 0.15) is 11.3 Å². The van der Waals surface area contributed by atoms with Gasteiger partial charge in [-0.3, -0.25) is 0 Å². The summed E-state index contributed by atoms with van der Waals surface area (Å²) in [6.07, 6.45) is 1.46. The molecule has 94 valence electrons. The average molecular weight is 272 g/mol. The zero-order valence-electron chi connectivity index (χ0n) is 9.58. The third-order valence-corrected chi connectivity index (χ3v) is 2.55. The number of para-hydroxylation sites is 1. The Bertz CT molecular complexity index is 716. The van der Waals surface area contributed by atoms with Gasteiger partial charge in [0, 0.05) is 0 Å². The van der Waals surface area contributed by atoms with Crippen LogP contribution in [0.5, 0.6) is 0 Å². The molecule has 0 fully saturated rings. The molecule has 0 amide bonds. The van der Waals surface area contributed by atoms with Crippen molar-refractivity contribution < 1.29 is 0 Å². The second kappa shape index (κ2) is 4.53. The topological polar surface area (TPSA) is 100 Å².